The van der Waals surface area contributed by atoms with Gasteiger partial charge in [-0.25, -0.2) is 4.98 Å². The molecule has 1 aliphatic carbocycles. The lowest BCUT2D eigenvalue weighted by Gasteiger charge is -2.36. The summed E-state index contributed by atoms with van der Waals surface area (Å²) in [6.45, 7) is 3.15. The first-order chi connectivity index (χ1) is 10.1. The van der Waals surface area contributed by atoms with Crippen molar-refractivity contribution in [3.8, 4) is 0 Å². The van der Waals surface area contributed by atoms with Crippen molar-refractivity contribution in [1.82, 2.24) is 15.3 Å². The number of nitrogen functional groups attached to an aromatic ring is 1. The van der Waals surface area contributed by atoms with E-state index in [4.69, 9.17) is 22.1 Å². The fourth-order valence-corrected chi connectivity index (χ4v) is 2.56. The van der Waals surface area contributed by atoms with Crippen molar-refractivity contribution in [2.24, 2.45) is 0 Å². The topological polar surface area (TPSA) is 93.4 Å². The summed E-state index contributed by atoms with van der Waals surface area (Å²) in [7, 11) is 0. The van der Waals surface area contributed by atoms with E-state index in [0.717, 1.165) is 12.8 Å². The van der Waals surface area contributed by atoms with Crippen LogP contribution in [0.3, 0.4) is 0 Å². The van der Waals surface area contributed by atoms with Gasteiger partial charge in [-0.1, -0.05) is 0 Å². The van der Waals surface area contributed by atoms with Crippen molar-refractivity contribution < 1.29 is 9.53 Å². The fourth-order valence-electron chi connectivity index (χ4n) is 2.35. The van der Waals surface area contributed by atoms with E-state index in [-0.39, 0.29) is 11.2 Å². The van der Waals surface area contributed by atoms with Gasteiger partial charge in [0.25, 0.3) is 0 Å². The first kappa shape index (κ1) is 14.3. The normalized spacial score (nSPS) is 22.2. The molecular formula is C13H18ClN5O2. The monoisotopic (exact) mass is 311 g/mol. The van der Waals surface area contributed by atoms with Crippen LogP contribution in [0.25, 0.3) is 0 Å². The summed E-state index contributed by atoms with van der Waals surface area (Å²) in [5, 5.41) is 3.12. The number of morpholine rings is 1. The number of carbonyl (C=O) groups is 1. The SMILES string of the molecule is Cc1nc(Cl)nc(N2CCOCC2C(=O)NC2CC2)c1N. The third kappa shape index (κ3) is 3.03. The van der Waals surface area contributed by atoms with Gasteiger partial charge >= 0.3 is 0 Å². The molecule has 21 heavy (non-hydrogen) atoms. The molecule has 3 rings (SSSR count). The van der Waals surface area contributed by atoms with Gasteiger partial charge in [0, 0.05) is 12.6 Å². The number of hydrogen-bond donors (Lipinski definition) is 2. The number of hydrogen-bond acceptors (Lipinski definition) is 6. The number of anilines is 2. The molecule has 114 valence electrons. The van der Waals surface area contributed by atoms with Gasteiger partial charge in [0.15, 0.2) is 5.82 Å². The van der Waals surface area contributed by atoms with Crippen molar-refractivity contribution in [2.75, 3.05) is 30.4 Å². The van der Waals surface area contributed by atoms with Crippen molar-refractivity contribution >= 4 is 29.0 Å². The Morgan fingerprint density at radius 2 is 2.24 bits per heavy atom. The molecule has 8 heteroatoms. The highest BCUT2D eigenvalue weighted by atomic mass is 35.5. The highest BCUT2D eigenvalue weighted by molar-refractivity contribution is 6.28. The molecule has 1 aromatic heterocycles. The number of aryl methyl sites for hydroxylation is 1. The van der Waals surface area contributed by atoms with Crippen LogP contribution in [-0.2, 0) is 9.53 Å². The Morgan fingerprint density at radius 3 is 2.95 bits per heavy atom. The maximum atomic E-state index is 12.4. The third-order valence-electron chi connectivity index (χ3n) is 3.72. The number of halogens is 1. The Kier molecular flexibility index (Phi) is 3.86. The zero-order valence-electron chi connectivity index (χ0n) is 11.8. The molecule has 1 atom stereocenters. The second-order valence-electron chi connectivity index (χ2n) is 5.38. The summed E-state index contributed by atoms with van der Waals surface area (Å²) < 4.78 is 5.44. The summed E-state index contributed by atoms with van der Waals surface area (Å²) in [6.07, 6.45) is 2.08. The number of nitrogens with one attached hydrogen (secondary N) is 1. The lowest BCUT2D eigenvalue weighted by Crippen LogP contribution is -2.55. The lowest BCUT2D eigenvalue weighted by molar-refractivity contribution is -0.124. The number of carbonyl (C=O) groups excluding carboxylic acids is 1. The van der Waals surface area contributed by atoms with Crippen molar-refractivity contribution in [2.45, 2.75) is 31.8 Å². The molecule has 1 saturated heterocycles. The van der Waals surface area contributed by atoms with Gasteiger partial charge in [0.2, 0.25) is 11.2 Å². The van der Waals surface area contributed by atoms with E-state index >= 15 is 0 Å². The highest BCUT2D eigenvalue weighted by Gasteiger charge is 2.35. The first-order valence-electron chi connectivity index (χ1n) is 7.00. The lowest BCUT2D eigenvalue weighted by atomic mass is 10.2. The highest BCUT2D eigenvalue weighted by Crippen LogP contribution is 2.28. The number of ether oxygens (including phenoxy) is 1. The summed E-state index contributed by atoms with van der Waals surface area (Å²) >= 11 is 5.93. The van der Waals surface area contributed by atoms with E-state index in [0.29, 0.717) is 43.0 Å². The van der Waals surface area contributed by atoms with Gasteiger partial charge in [-0.2, -0.15) is 4.98 Å². The Morgan fingerprint density at radius 1 is 1.48 bits per heavy atom. The Labute approximate surface area is 127 Å². The zero-order chi connectivity index (χ0) is 15.0. The molecular weight excluding hydrogens is 294 g/mol. The first-order valence-corrected chi connectivity index (χ1v) is 7.38. The molecule has 2 heterocycles. The molecule has 1 unspecified atom stereocenters. The predicted molar refractivity (Wildman–Crippen MR) is 79.3 cm³/mol. The quantitative estimate of drug-likeness (QED) is 0.790. The molecule has 2 aliphatic rings. The van der Waals surface area contributed by atoms with Crippen LogP contribution in [0.5, 0.6) is 0 Å². The van der Waals surface area contributed by atoms with Crippen LogP contribution in [-0.4, -0.2) is 47.7 Å². The van der Waals surface area contributed by atoms with Crippen LogP contribution < -0.4 is 16.0 Å². The second kappa shape index (κ2) is 5.65. The van der Waals surface area contributed by atoms with Gasteiger partial charge in [0.05, 0.1) is 24.6 Å². The van der Waals surface area contributed by atoms with E-state index in [9.17, 15) is 4.79 Å². The minimum atomic E-state index is -0.438. The third-order valence-corrected chi connectivity index (χ3v) is 3.88. The smallest absolute Gasteiger partial charge is 0.245 e. The minimum absolute atomic E-state index is 0.0519. The zero-order valence-corrected chi connectivity index (χ0v) is 12.6. The summed E-state index contributed by atoms with van der Waals surface area (Å²) in [6, 6.07) is -0.138. The molecule has 0 radical (unpaired) electrons. The molecule has 1 aliphatic heterocycles. The largest absolute Gasteiger partial charge is 0.394 e. The molecule has 3 N–H and O–H groups in total. The molecule has 7 nitrogen and oxygen atoms in total. The Bertz CT molecular complexity index is 564. The molecule has 2 fully saturated rings. The second-order valence-corrected chi connectivity index (χ2v) is 5.72. The number of rotatable bonds is 3. The Hall–Kier alpha value is -1.60. The minimum Gasteiger partial charge on any atom is -0.394 e. The van der Waals surface area contributed by atoms with Crippen molar-refractivity contribution in [3.63, 3.8) is 0 Å². The molecule has 0 spiro atoms. The van der Waals surface area contributed by atoms with Gasteiger partial charge in [-0.3, -0.25) is 4.79 Å². The van der Waals surface area contributed by atoms with Crippen LogP contribution in [0.4, 0.5) is 11.5 Å². The van der Waals surface area contributed by atoms with E-state index in [2.05, 4.69) is 15.3 Å². The number of aromatic nitrogens is 2. The van der Waals surface area contributed by atoms with Gasteiger partial charge in [-0.05, 0) is 31.4 Å². The molecule has 1 aromatic rings. The van der Waals surface area contributed by atoms with E-state index in [1.165, 1.54) is 0 Å². The molecule has 1 amide bonds. The molecule has 0 bridgehead atoms. The molecule has 1 saturated carbocycles. The molecule has 0 aromatic carbocycles. The summed E-state index contributed by atoms with van der Waals surface area (Å²) in [5.74, 6) is 0.454. The van der Waals surface area contributed by atoms with Crippen LogP contribution in [0.2, 0.25) is 5.28 Å². The van der Waals surface area contributed by atoms with Crippen LogP contribution in [0.1, 0.15) is 18.5 Å². The number of nitrogens with zero attached hydrogens (tertiary/aromatic N) is 3. The maximum absolute atomic E-state index is 12.4. The number of amides is 1. The van der Waals surface area contributed by atoms with Crippen molar-refractivity contribution in [1.29, 1.82) is 0 Å². The standard InChI is InChI=1S/C13H18ClN5O2/c1-7-10(15)11(18-13(14)16-7)19-4-5-21-6-9(19)12(20)17-8-2-3-8/h8-9H,2-6,15H2,1H3,(H,17,20). The summed E-state index contributed by atoms with van der Waals surface area (Å²) in [4.78, 5) is 22.5. The number of nitrogens with two attached hydrogens (primary N) is 1. The van der Waals surface area contributed by atoms with Crippen molar-refractivity contribution in [3.05, 3.63) is 11.0 Å². The maximum Gasteiger partial charge on any atom is 0.245 e. The van der Waals surface area contributed by atoms with Crippen LogP contribution >= 0.6 is 11.6 Å². The van der Waals surface area contributed by atoms with E-state index in [1.54, 1.807) is 6.92 Å². The predicted octanol–water partition coefficient (Wildman–Crippen LogP) is 0.504. The van der Waals surface area contributed by atoms with Gasteiger partial charge < -0.3 is 20.7 Å². The Balaban J connectivity index is 1.88. The fraction of sp³-hybridized carbons (Fsp3) is 0.615. The average molecular weight is 312 g/mol. The van der Waals surface area contributed by atoms with E-state index in [1.807, 2.05) is 4.90 Å². The summed E-state index contributed by atoms with van der Waals surface area (Å²) in [5.41, 5.74) is 7.12. The van der Waals surface area contributed by atoms with Gasteiger partial charge in [0.1, 0.15) is 6.04 Å². The van der Waals surface area contributed by atoms with Crippen LogP contribution in [0, 0.1) is 6.92 Å². The average Bonchev–Trinajstić information content (AvgIpc) is 3.26. The van der Waals surface area contributed by atoms with E-state index < -0.39 is 6.04 Å². The van der Waals surface area contributed by atoms with Gasteiger partial charge in [-0.15, -0.1) is 0 Å². The van der Waals surface area contributed by atoms with Crippen LogP contribution in [0.15, 0.2) is 0 Å².